The Bertz CT molecular complexity index is 1520. The topological polar surface area (TPSA) is 147 Å². The number of sulfonamides is 1. The maximum absolute atomic E-state index is 12.8. The Kier molecular flexibility index (Phi) is 6.94. The monoisotopic (exact) mass is 521 g/mol. The Hall–Kier alpha value is -4.71. The Morgan fingerprint density at radius 1 is 1.00 bits per heavy atom. The molecule has 3 aromatic rings. The highest BCUT2D eigenvalue weighted by Crippen LogP contribution is 2.19. The summed E-state index contributed by atoms with van der Waals surface area (Å²) in [6.45, 7) is 1.46. The van der Waals surface area contributed by atoms with Gasteiger partial charge < -0.3 is 15.2 Å². The molecular weight excluding hydrogens is 498 g/mol. The molecule has 12 heteroatoms. The zero-order chi connectivity index (χ0) is 26.7. The molecule has 37 heavy (non-hydrogen) atoms. The van der Waals surface area contributed by atoms with Gasteiger partial charge in [0.2, 0.25) is 15.9 Å². The number of aryl methyl sites for hydroxylation is 1. The first-order valence-electron chi connectivity index (χ1n) is 11.0. The van der Waals surface area contributed by atoms with Crippen molar-refractivity contribution in [1.82, 2.24) is 19.5 Å². The standard InChI is InChI=1S/C25H23N5O6S/c1-16-5-9-18(10-6-16)26-22(31)15-30-24(33)21(27-25(30)34)14-20-4-3-13-29(20)19-11-7-17(8-12-19)23(32)28-37(2,35)36/h3-14H,15H2,1-2H3,(H,26,31)(H,27,34)(H,28,32)/b21-14-. The Morgan fingerprint density at radius 3 is 2.32 bits per heavy atom. The summed E-state index contributed by atoms with van der Waals surface area (Å²) >= 11 is 0. The van der Waals surface area contributed by atoms with Gasteiger partial charge >= 0.3 is 6.03 Å². The van der Waals surface area contributed by atoms with Gasteiger partial charge in [0, 0.05) is 28.8 Å². The average molecular weight is 522 g/mol. The predicted molar refractivity (Wildman–Crippen MR) is 136 cm³/mol. The van der Waals surface area contributed by atoms with Crippen molar-refractivity contribution in [1.29, 1.82) is 0 Å². The average Bonchev–Trinajstić information content (AvgIpc) is 3.39. The fourth-order valence-corrected chi connectivity index (χ4v) is 4.05. The fraction of sp³-hybridized carbons (Fsp3) is 0.120. The van der Waals surface area contributed by atoms with Crippen LogP contribution in [0.2, 0.25) is 0 Å². The highest BCUT2D eigenvalue weighted by Gasteiger charge is 2.35. The van der Waals surface area contributed by atoms with E-state index in [0.717, 1.165) is 16.7 Å². The number of nitrogens with zero attached hydrogens (tertiary/aromatic N) is 2. The van der Waals surface area contributed by atoms with Crippen molar-refractivity contribution in [2.75, 3.05) is 18.1 Å². The van der Waals surface area contributed by atoms with E-state index in [0.29, 0.717) is 17.1 Å². The highest BCUT2D eigenvalue weighted by molar-refractivity contribution is 7.89. The van der Waals surface area contributed by atoms with E-state index in [1.807, 2.05) is 23.8 Å². The van der Waals surface area contributed by atoms with Crippen LogP contribution in [0.4, 0.5) is 10.5 Å². The fourth-order valence-electron chi connectivity index (χ4n) is 3.59. The van der Waals surface area contributed by atoms with E-state index in [9.17, 15) is 27.6 Å². The molecule has 190 valence electrons. The summed E-state index contributed by atoms with van der Waals surface area (Å²) in [5.74, 6) is -1.92. The van der Waals surface area contributed by atoms with Gasteiger partial charge in [-0.05, 0) is 61.5 Å². The number of carbonyl (C=O) groups is 4. The molecule has 0 radical (unpaired) electrons. The van der Waals surface area contributed by atoms with Gasteiger partial charge in [-0.25, -0.2) is 22.8 Å². The Labute approximate surface area is 212 Å². The Balaban J connectivity index is 1.47. The van der Waals surface area contributed by atoms with E-state index >= 15 is 0 Å². The third-order valence-electron chi connectivity index (χ3n) is 5.36. The molecule has 5 amide bonds. The van der Waals surface area contributed by atoms with Gasteiger partial charge in [-0.3, -0.25) is 14.4 Å². The summed E-state index contributed by atoms with van der Waals surface area (Å²) in [4.78, 5) is 50.5. The number of nitrogens with one attached hydrogen (secondary N) is 3. The summed E-state index contributed by atoms with van der Waals surface area (Å²) in [6.07, 6.45) is 4.08. The van der Waals surface area contributed by atoms with Gasteiger partial charge in [0.25, 0.3) is 11.8 Å². The third kappa shape index (κ3) is 6.11. The summed E-state index contributed by atoms with van der Waals surface area (Å²) in [5, 5.41) is 5.14. The van der Waals surface area contributed by atoms with Crippen molar-refractivity contribution in [3.8, 4) is 5.69 Å². The van der Waals surface area contributed by atoms with E-state index in [2.05, 4.69) is 10.6 Å². The van der Waals surface area contributed by atoms with Crippen molar-refractivity contribution in [2.24, 2.45) is 0 Å². The van der Waals surface area contributed by atoms with Crippen LogP contribution in [0.15, 0.2) is 72.6 Å². The highest BCUT2D eigenvalue weighted by atomic mass is 32.2. The first-order chi connectivity index (χ1) is 17.5. The van der Waals surface area contributed by atoms with Gasteiger partial charge in [0.05, 0.1) is 6.26 Å². The number of hydrogen-bond donors (Lipinski definition) is 3. The molecule has 2 aromatic carbocycles. The number of urea groups is 1. The second-order valence-electron chi connectivity index (χ2n) is 8.35. The van der Waals surface area contributed by atoms with Crippen LogP contribution in [-0.4, -0.2) is 54.4 Å². The smallest absolute Gasteiger partial charge is 0.325 e. The van der Waals surface area contributed by atoms with Crippen molar-refractivity contribution in [2.45, 2.75) is 6.92 Å². The zero-order valence-corrected chi connectivity index (χ0v) is 20.7. The lowest BCUT2D eigenvalue weighted by Crippen LogP contribution is -2.38. The maximum Gasteiger partial charge on any atom is 0.329 e. The van der Waals surface area contributed by atoms with E-state index in [4.69, 9.17) is 0 Å². The number of carbonyl (C=O) groups excluding carboxylic acids is 4. The van der Waals surface area contributed by atoms with Crippen LogP contribution in [0.25, 0.3) is 11.8 Å². The van der Waals surface area contributed by atoms with Crippen molar-refractivity contribution in [3.05, 3.63) is 89.4 Å². The number of hydrogen-bond acceptors (Lipinski definition) is 6. The molecule has 1 aliphatic heterocycles. The zero-order valence-electron chi connectivity index (χ0n) is 19.9. The molecule has 0 spiro atoms. The molecule has 1 aromatic heterocycles. The first-order valence-corrected chi connectivity index (χ1v) is 12.9. The van der Waals surface area contributed by atoms with Gasteiger partial charge in [-0.2, -0.15) is 0 Å². The summed E-state index contributed by atoms with van der Waals surface area (Å²) in [6, 6.07) is 16.0. The second-order valence-corrected chi connectivity index (χ2v) is 10.1. The van der Waals surface area contributed by atoms with Crippen LogP contribution >= 0.6 is 0 Å². The lowest BCUT2D eigenvalue weighted by Gasteiger charge is -2.12. The molecule has 1 aliphatic rings. The SMILES string of the molecule is Cc1ccc(NC(=O)CN2C(=O)N/C(=C\c3cccn3-c3ccc(C(=O)NS(C)(=O)=O)cc3)C2=O)cc1. The van der Waals surface area contributed by atoms with E-state index in [-0.39, 0.29) is 11.3 Å². The molecule has 4 rings (SSSR count). The second kappa shape index (κ2) is 10.1. The summed E-state index contributed by atoms with van der Waals surface area (Å²) in [5.41, 5.74) is 2.90. The third-order valence-corrected chi connectivity index (χ3v) is 5.91. The molecule has 2 heterocycles. The molecule has 0 saturated carbocycles. The van der Waals surface area contributed by atoms with Gasteiger partial charge in [0.15, 0.2) is 0 Å². The summed E-state index contributed by atoms with van der Waals surface area (Å²) in [7, 11) is -3.69. The van der Waals surface area contributed by atoms with Crippen LogP contribution in [0, 0.1) is 6.92 Å². The lowest BCUT2D eigenvalue weighted by atomic mass is 10.2. The van der Waals surface area contributed by atoms with Crippen molar-refractivity contribution < 1.29 is 27.6 Å². The lowest BCUT2D eigenvalue weighted by molar-refractivity contribution is -0.127. The minimum Gasteiger partial charge on any atom is -0.325 e. The van der Waals surface area contributed by atoms with Crippen LogP contribution in [0.3, 0.4) is 0 Å². The van der Waals surface area contributed by atoms with Gasteiger partial charge in [-0.1, -0.05) is 17.7 Å². The molecule has 1 saturated heterocycles. The molecule has 0 unspecified atom stereocenters. The summed E-state index contributed by atoms with van der Waals surface area (Å²) < 4.78 is 26.2. The molecule has 0 atom stereocenters. The number of imide groups is 1. The Morgan fingerprint density at radius 2 is 1.68 bits per heavy atom. The van der Waals surface area contributed by atoms with Crippen LogP contribution < -0.4 is 15.4 Å². The number of amides is 5. The molecule has 0 bridgehead atoms. The van der Waals surface area contributed by atoms with E-state index in [1.54, 1.807) is 47.2 Å². The van der Waals surface area contributed by atoms with Gasteiger partial charge in [-0.15, -0.1) is 0 Å². The predicted octanol–water partition coefficient (Wildman–Crippen LogP) is 2.01. The first kappa shape index (κ1) is 25.4. The number of benzene rings is 2. The number of rotatable bonds is 7. The molecular formula is C25H23N5O6S. The van der Waals surface area contributed by atoms with Crippen LogP contribution in [0.1, 0.15) is 21.6 Å². The van der Waals surface area contributed by atoms with Gasteiger partial charge in [0.1, 0.15) is 12.2 Å². The van der Waals surface area contributed by atoms with Crippen LogP contribution in [-0.2, 0) is 19.6 Å². The van der Waals surface area contributed by atoms with Crippen molar-refractivity contribution in [3.63, 3.8) is 0 Å². The largest absolute Gasteiger partial charge is 0.329 e. The molecule has 3 N–H and O–H groups in total. The molecule has 0 aliphatic carbocycles. The minimum atomic E-state index is -3.69. The van der Waals surface area contributed by atoms with E-state index in [1.165, 1.54) is 18.2 Å². The molecule has 11 nitrogen and oxygen atoms in total. The molecule has 1 fully saturated rings. The normalized spacial score (nSPS) is 14.5. The quantitative estimate of drug-likeness (QED) is 0.320. The maximum atomic E-state index is 12.8. The van der Waals surface area contributed by atoms with Crippen LogP contribution in [0.5, 0.6) is 0 Å². The van der Waals surface area contributed by atoms with E-state index < -0.39 is 40.3 Å². The number of aromatic nitrogens is 1. The van der Waals surface area contributed by atoms with Crippen molar-refractivity contribution >= 4 is 45.5 Å². The minimum absolute atomic E-state index is 0.00256. The number of anilines is 1.